The highest BCUT2D eigenvalue weighted by atomic mass is 32.2. The average Bonchev–Trinajstić information content (AvgIpc) is 3.59. The Morgan fingerprint density at radius 1 is 1.13 bits per heavy atom. The fraction of sp³-hybridized carbons (Fsp3) is 0.424. The molecule has 3 aromatic heterocycles. The van der Waals surface area contributed by atoms with E-state index in [1.54, 1.807) is 12.3 Å². The zero-order chi connectivity index (χ0) is 34.0. The van der Waals surface area contributed by atoms with Crippen LogP contribution >= 0.6 is 11.3 Å². The van der Waals surface area contributed by atoms with Gasteiger partial charge in [0.15, 0.2) is 17.3 Å². The first kappa shape index (κ1) is 36.6. The number of pyridine rings is 1. The van der Waals surface area contributed by atoms with Gasteiger partial charge in [0.05, 0.1) is 28.2 Å². The molecule has 0 aliphatic carbocycles. The molecule has 10 nitrogen and oxygen atoms in total. The number of nitrogens with one attached hydrogen (secondary N) is 1. The van der Waals surface area contributed by atoms with Crippen LogP contribution in [0.15, 0.2) is 45.9 Å². The number of benzene rings is 1. The number of sulfonamides is 1. The summed E-state index contributed by atoms with van der Waals surface area (Å²) in [5.41, 5.74) is 1.06. The van der Waals surface area contributed by atoms with Gasteiger partial charge < -0.3 is 14.6 Å². The number of nitrogens with zero attached hydrogens (tertiary/aromatic N) is 4. The molecule has 4 rings (SSSR count). The maximum atomic E-state index is 15.2. The first-order valence-electron chi connectivity index (χ1n) is 15.2. The van der Waals surface area contributed by atoms with E-state index in [2.05, 4.69) is 46.0 Å². The van der Waals surface area contributed by atoms with Gasteiger partial charge in [-0.2, -0.15) is 4.31 Å². The topological polar surface area (TPSA) is 118 Å². The summed E-state index contributed by atoms with van der Waals surface area (Å²) in [7, 11) is -4.07. The Bertz CT molecular complexity index is 1780. The quantitative estimate of drug-likeness (QED) is 0.163. The van der Waals surface area contributed by atoms with E-state index in [9.17, 15) is 13.2 Å². The van der Waals surface area contributed by atoms with Crippen LogP contribution in [0.4, 0.5) is 10.1 Å². The first-order chi connectivity index (χ1) is 21.9. The van der Waals surface area contributed by atoms with E-state index in [4.69, 9.17) is 9.26 Å². The predicted molar refractivity (Wildman–Crippen MR) is 180 cm³/mol. The summed E-state index contributed by atoms with van der Waals surface area (Å²) in [6, 6.07) is 7.56. The molecule has 0 spiro atoms. The summed E-state index contributed by atoms with van der Waals surface area (Å²) >= 11 is 1.42. The third-order valence-electron chi connectivity index (χ3n) is 6.67. The first-order valence-corrected chi connectivity index (χ1v) is 17.5. The number of carbonyl (C=O) groups is 1. The molecule has 0 fully saturated rings. The smallest absolute Gasteiger partial charge is 0.248 e. The molecule has 0 saturated carbocycles. The molecule has 13 heteroatoms. The van der Waals surface area contributed by atoms with Crippen molar-refractivity contribution in [1.29, 1.82) is 0 Å². The second-order valence-electron chi connectivity index (χ2n) is 10.5. The zero-order valence-corrected chi connectivity index (χ0v) is 29.2. The van der Waals surface area contributed by atoms with Crippen molar-refractivity contribution in [3.63, 3.8) is 0 Å². The van der Waals surface area contributed by atoms with E-state index in [1.165, 1.54) is 37.3 Å². The minimum absolute atomic E-state index is 0.0412. The largest absolute Gasteiger partial charge is 0.453 e. The van der Waals surface area contributed by atoms with Gasteiger partial charge in [0.1, 0.15) is 16.3 Å². The number of aromatic nitrogens is 2. The lowest BCUT2D eigenvalue weighted by atomic mass is 10.2. The molecule has 1 N–H and O–H groups in total. The van der Waals surface area contributed by atoms with Gasteiger partial charge in [-0.1, -0.05) is 58.5 Å². The van der Waals surface area contributed by atoms with Gasteiger partial charge in [-0.25, -0.2) is 12.8 Å². The summed E-state index contributed by atoms with van der Waals surface area (Å²) in [6.45, 7) is 17.0. The molecule has 248 valence electrons. The monoisotopic (exact) mass is 671 g/mol. The van der Waals surface area contributed by atoms with E-state index in [0.29, 0.717) is 17.8 Å². The molecule has 0 aliphatic heterocycles. The fourth-order valence-electron chi connectivity index (χ4n) is 4.51. The third kappa shape index (κ3) is 9.13. The van der Waals surface area contributed by atoms with Crippen LogP contribution in [-0.4, -0.2) is 66.4 Å². The van der Waals surface area contributed by atoms with Crippen molar-refractivity contribution in [1.82, 2.24) is 19.3 Å². The number of ether oxygens (including phenoxy) is 1. The number of halogens is 1. The van der Waals surface area contributed by atoms with Crippen molar-refractivity contribution in [2.45, 2.75) is 60.3 Å². The van der Waals surface area contributed by atoms with Crippen molar-refractivity contribution >= 4 is 43.2 Å². The van der Waals surface area contributed by atoms with E-state index in [-0.39, 0.29) is 40.2 Å². The number of amides is 1. The summed E-state index contributed by atoms with van der Waals surface area (Å²) < 4.78 is 54.7. The lowest BCUT2D eigenvalue weighted by Gasteiger charge is -2.23. The molecule has 0 saturated heterocycles. The van der Waals surface area contributed by atoms with Crippen LogP contribution in [0.3, 0.4) is 0 Å². The third-order valence-corrected chi connectivity index (χ3v) is 9.79. The fourth-order valence-corrected chi connectivity index (χ4v) is 7.30. The lowest BCUT2D eigenvalue weighted by Crippen LogP contribution is -2.40. The highest BCUT2D eigenvalue weighted by Gasteiger charge is 2.32. The number of hydrogen-bond donors (Lipinski definition) is 1. The molecule has 46 heavy (non-hydrogen) atoms. The van der Waals surface area contributed by atoms with Gasteiger partial charge in [0, 0.05) is 30.6 Å². The Morgan fingerprint density at radius 3 is 2.46 bits per heavy atom. The molecular formula is C33H42FN5O5S2. The van der Waals surface area contributed by atoms with Crippen LogP contribution in [0.5, 0.6) is 11.5 Å². The maximum absolute atomic E-state index is 15.2. The number of thiophene rings is 1. The maximum Gasteiger partial charge on any atom is 0.248 e. The Kier molecular flexibility index (Phi) is 13.3. The minimum Gasteiger partial charge on any atom is -0.453 e. The molecule has 0 bridgehead atoms. The Hall–Kier alpha value is -3.83. The van der Waals surface area contributed by atoms with Gasteiger partial charge in [0.25, 0.3) is 0 Å². The Balaban J connectivity index is 0.00000282. The predicted octanol–water partition coefficient (Wildman–Crippen LogP) is 6.84. The number of fused-ring (bicyclic) bond motifs is 1. The molecule has 0 aliphatic rings. The molecule has 1 aromatic carbocycles. The molecule has 1 amide bonds. The number of aryl methyl sites for hydroxylation is 2. The van der Waals surface area contributed by atoms with Crippen LogP contribution in [0.2, 0.25) is 0 Å². The van der Waals surface area contributed by atoms with Crippen molar-refractivity contribution < 1.29 is 26.9 Å². The van der Waals surface area contributed by atoms with Gasteiger partial charge in [0.2, 0.25) is 15.9 Å². The molecule has 0 atom stereocenters. The van der Waals surface area contributed by atoms with Gasteiger partial charge >= 0.3 is 0 Å². The van der Waals surface area contributed by atoms with Crippen LogP contribution < -0.4 is 10.1 Å². The van der Waals surface area contributed by atoms with E-state index in [1.807, 2.05) is 33.8 Å². The van der Waals surface area contributed by atoms with Gasteiger partial charge in [-0.3, -0.25) is 14.7 Å². The summed E-state index contributed by atoms with van der Waals surface area (Å²) in [4.78, 5) is 20.3. The standard InChI is InChI=1S/C31H36FN5O5S2.C2H6/c1-7-36(8-2)15-9-10-24-17-26-30(43-24)28(13-14-33-26)41-27-12-11-23(16-25(27)32)34-29(38)19-37(18-20(3)4)44(39,40)31-21(5)35-42-22(31)6;1-2/h11-14,16-17,20H,7-8,15,18-19H2,1-6H3,(H,34,38);1-2H3. The van der Waals surface area contributed by atoms with Gasteiger partial charge in [-0.15, -0.1) is 11.3 Å². The Labute approximate surface area is 275 Å². The Morgan fingerprint density at radius 2 is 1.85 bits per heavy atom. The lowest BCUT2D eigenvalue weighted by molar-refractivity contribution is -0.116. The average molecular weight is 672 g/mol. The number of rotatable bonds is 12. The summed E-state index contributed by atoms with van der Waals surface area (Å²) in [6.07, 6.45) is 1.59. The van der Waals surface area contributed by atoms with E-state index >= 15 is 4.39 Å². The summed E-state index contributed by atoms with van der Waals surface area (Å²) in [5.74, 6) is 5.50. The van der Waals surface area contributed by atoms with Crippen molar-refractivity contribution in [3.05, 3.63) is 58.7 Å². The molecule has 3 heterocycles. The molecule has 0 radical (unpaired) electrons. The van der Waals surface area contributed by atoms with Crippen molar-refractivity contribution in [2.75, 3.05) is 38.0 Å². The second kappa shape index (κ2) is 16.6. The van der Waals surface area contributed by atoms with Crippen LogP contribution in [-0.2, 0) is 14.8 Å². The normalized spacial score (nSPS) is 11.4. The van der Waals surface area contributed by atoms with E-state index < -0.39 is 28.3 Å². The zero-order valence-electron chi connectivity index (χ0n) is 27.6. The SMILES string of the molecule is CC.CCN(CC)CC#Cc1cc2nccc(Oc3ccc(NC(=O)CN(CC(C)C)S(=O)(=O)c4c(C)noc4C)cc3F)c2s1. The minimum atomic E-state index is -4.07. The van der Waals surface area contributed by atoms with Crippen LogP contribution in [0.1, 0.15) is 57.9 Å². The van der Waals surface area contributed by atoms with Gasteiger partial charge in [-0.05, 0) is 51.1 Å². The highest BCUT2D eigenvalue weighted by molar-refractivity contribution is 7.89. The molecule has 4 aromatic rings. The summed E-state index contributed by atoms with van der Waals surface area (Å²) in [5, 5.41) is 6.32. The van der Waals surface area contributed by atoms with Crippen molar-refractivity contribution in [2.24, 2.45) is 5.92 Å². The van der Waals surface area contributed by atoms with E-state index in [0.717, 1.165) is 33.0 Å². The molecule has 0 unspecified atom stereocenters. The number of hydrogen-bond acceptors (Lipinski definition) is 9. The van der Waals surface area contributed by atoms with Crippen LogP contribution in [0, 0.1) is 37.4 Å². The van der Waals surface area contributed by atoms with Crippen molar-refractivity contribution in [3.8, 4) is 23.3 Å². The van der Waals surface area contributed by atoms with Crippen LogP contribution in [0.25, 0.3) is 10.2 Å². The number of carbonyl (C=O) groups excluding carboxylic acids is 1. The number of anilines is 1. The highest BCUT2D eigenvalue weighted by Crippen LogP contribution is 2.36. The second-order valence-corrected chi connectivity index (χ2v) is 13.5. The molecular weight excluding hydrogens is 630 g/mol.